The Balaban J connectivity index is 1.61. The first-order valence-corrected chi connectivity index (χ1v) is 7.36. The summed E-state index contributed by atoms with van der Waals surface area (Å²) in [6.45, 7) is 1.31. The molecule has 3 nitrogen and oxygen atoms in total. The zero-order valence-corrected chi connectivity index (χ0v) is 11.0. The van der Waals surface area contributed by atoms with Gasteiger partial charge >= 0.3 is 0 Å². The average molecular weight is 257 g/mol. The van der Waals surface area contributed by atoms with E-state index in [4.69, 9.17) is 4.74 Å². The van der Waals surface area contributed by atoms with Gasteiger partial charge in [-0.1, -0.05) is 18.6 Å². The summed E-state index contributed by atoms with van der Waals surface area (Å²) < 4.78 is 5.63. The van der Waals surface area contributed by atoms with Gasteiger partial charge in [0, 0.05) is 5.92 Å². The summed E-state index contributed by atoms with van der Waals surface area (Å²) in [5, 5.41) is 0. The van der Waals surface area contributed by atoms with Crippen LogP contribution in [0.5, 0.6) is 5.75 Å². The maximum absolute atomic E-state index is 12.8. The molecule has 0 saturated heterocycles. The molecule has 2 aliphatic carbocycles. The fraction of sp³-hybridized carbons (Fsp3) is 0.562. The highest BCUT2D eigenvalue weighted by Crippen LogP contribution is 2.49. The van der Waals surface area contributed by atoms with Crippen LogP contribution in [0.3, 0.4) is 0 Å². The monoisotopic (exact) mass is 257 g/mol. The highest BCUT2D eigenvalue weighted by molar-refractivity contribution is 5.97. The highest BCUT2D eigenvalue weighted by Gasteiger charge is 2.45. The van der Waals surface area contributed by atoms with Gasteiger partial charge in [0.25, 0.3) is 0 Å². The quantitative estimate of drug-likeness (QED) is 0.774. The number of anilines is 1. The molecule has 0 radical (unpaired) electrons. The number of ether oxygens (including phenoxy) is 1. The molecule has 1 heterocycles. The third kappa shape index (κ3) is 1.75. The molecular weight excluding hydrogens is 238 g/mol. The van der Waals surface area contributed by atoms with Gasteiger partial charge in [0.15, 0.2) is 0 Å². The Morgan fingerprint density at radius 1 is 1.21 bits per heavy atom. The zero-order valence-electron chi connectivity index (χ0n) is 11.0. The van der Waals surface area contributed by atoms with E-state index in [0.29, 0.717) is 25.0 Å². The Kier molecular flexibility index (Phi) is 2.54. The third-order valence-electron chi connectivity index (χ3n) is 5.05. The first kappa shape index (κ1) is 11.3. The summed E-state index contributed by atoms with van der Waals surface area (Å²) in [5.74, 6) is 2.92. The SMILES string of the molecule is O=C([C@H]1C[C@H]2CC[C@H]1C2)N1CCOc2ccccc21. The predicted octanol–water partition coefficient (Wildman–Crippen LogP) is 2.85. The Morgan fingerprint density at radius 3 is 2.89 bits per heavy atom. The lowest BCUT2D eigenvalue weighted by atomic mass is 9.87. The van der Waals surface area contributed by atoms with E-state index in [1.165, 1.54) is 19.3 Å². The summed E-state index contributed by atoms with van der Waals surface area (Å²) >= 11 is 0. The van der Waals surface area contributed by atoms with Crippen molar-refractivity contribution in [3.63, 3.8) is 0 Å². The van der Waals surface area contributed by atoms with E-state index in [1.54, 1.807) is 0 Å². The van der Waals surface area contributed by atoms with Crippen LogP contribution in [0.1, 0.15) is 25.7 Å². The summed E-state index contributed by atoms with van der Waals surface area (Å²) in [4.78, 5) is 14.8. The number of carbonyl (C=O) groups is 1. The van der Waals surface area contributed by atoms with Crippen molar-refractivity contribution in [2.24, 2.45) is 17.8 Å². The molecule has 1 aromatic carbocycles. The molecule has 100 valence electrons. The molecule has 1 aliphatic heterocycles. The molecule has 0 spiro atoms. The molecule has 3 atom stereocenters. The molecule has 2 fully saturated rings. The van der Waals surface area contributed by atoms with Crippen LogP contribution in [-0.2, 0) is 4.79 Å². The number of amides is 1. The van der Waals surface area contributed by atoms with Crippen molar-refractivity contribution in [2.75, 3.05) is 18.1 Å². The van der Waals surface area contributed by atoms with Crippen molar-refractivity contribution in [2.45, 2.75) is 25.7 Å². The van der Waals surface area contributed by atoms with Gasteiger partial charge in [0.05, 0.1) is 12.2 Å². The molecule has 0 unspecified atom stereocenters. The lowest BCUT2D eigenvalue weighted by Gasteiger charge is -2.33. The minimum Gasteiger partial charge on any atom is -0.490 e. The van der Waals surface area contributed by atoms with Crippen molar-refractivity contribution >= 4 is 11.6 Å². The second-order valence-corrected chi connectivity index (χ2v) is 6.09. The lowest BCUT2D eigenvalue weighted by Crippen LogP contribution is -2.42. The number of hydrogen-bond donors (Lipinski definition) is 0. The van der Waals surface area contributed by atoms with E-state index in [2.05, 4.69) is 0 Å². The first-order chi connectivity index (χ1) is 9.33. The summed E-state index contributed by atoms with van der Waals surface area (Å²) in [6.07, 6.45) is 4.99. The van der Waals surface area contributed by atoms with Gasteiger partial charge in [-0.3, -0.25) is 4.79 Å². The first-order valence-electron chi connectivity index (χ1n) is 7.36. The van der Waals surface area contributed by atoms with Gasteiger partial charge in [-0.05, 0) is 43.2 Å². The number of hydrogen-bond acceptors (Lipinski definition) is 2. The van der Waals surface area contributed by atoms with Gasteiger partial charge in [0.2, 0.25) is 5.91 Å². The fourth-order valence-corrected chi connectivity index (χ4v) is 4.15. The number of benzene rings is 1. The van der Waals surface area contributed by atoms with Crippen LogP contribution < -0.4 is 9.64 Å². The van der Waals surface area contributed by atoms with E-state index in [1.807, 2.05) is 29.2 Å². The van der Waals surface area contributed by atoms with Crippen molar-refractivity contribution in [3.05, 3.63) is 24.3 Å². The fourth-order valence-electron chi connectivity index (χ4n) is 4.15. The van der Waals surface area contributed by atoms with Crippen LogP contribution in [0.15, 0.2) is 24.3 Å². The molecule has 2 saturated carbocycles. The molecule has 0 N–H and O–H groups in total. The summed E-state index contributed by atoms with van der Waals surface area (Å²) in [5.41, 5.74) is 0.960. The minimum absolute atomic E-state index is 0.268. The number of para-hydroxylation sites is 2. The van der Waals surface area contributed by atoms with Gasteiger partial charge in [-0.25, -0.2) is 0 Å². The largest absolute Gasteiger partial charge is 0.490 e. The molecule has 3 aliphatic rings. The van der Waals surface area contributed by atoms with Crippen LogP contribution in [0, 0.1) is 17.8 Å². The van der Waals surface area contributed by atoms with Gasteiger partial charge < -0.3 is 9.64 Å². The van der Waals surface area contributed by atoms with Gasteiger partial charge in [0.1, 0.15) is 12.4 Å². The maximum atomic E-state index is 12.8. The topological polar surface area (TPSA) is 29.5 Å². The van der Waals surface area contributed by atoms with E-state index < -0.39 is 0 Å². The predicted molar refractivity (Wildman–Crippen MR) is 73.2 cm³/mol. The van der Waals surface area contributed by atoms with E-state index in [0.717, 1.165) is 23.8 Å². The molecule has 0 aromatic heterocycles. The van der Waals surface area contributed by atoms with E-state index in [-0.39, 0.29) is 5.92 Å². The van der Waals surface area contributed by atoms with Crippen LogP contribution in [0.4, 0.5) is 5.69 Å². The average Bonchev–Trinajstić information content (AvgIpc) is 3.08. The lowest BCUT2D eigenvalue weighted by molar-refractivity contribution is -0.124. The van der Waals surface area contributed by atoms with Crippen molar-refractivity contribution in [1.82, 2.24) is 0 Å². The van der Waals surface area contributed by atoms with Crippen molar-refractivity contribution in [3.8, 4) is 5.75 Å². The van der Waals surface area contributed by atoms with E-state index >= 15 is 0 Å². The second-order valence-electron chi connectivity index (χ2n) is 6.09. The Hall–Kier alpha value is -1.51. The smallest absolute Gasteiger partial charge is 0.230 e. The van der Waals surface area contributed by atoms with Gasteiger partial charge in [-0.15, -0.1) is 0 Å². The van der Waals surface area contributed by atoms with Gasteiger partial charge in [-0.2, -0.15) is 0 Å². The molecule has 2 bridgehead atoms. The normalized spacial score (nSPS) is 32.0. The molecule has 19 heavy (non-hydrogen) atoms. The number of carbonyl (C=O) groups excluding carboxylic acids is 1. The maximum Gasteiger partial charge on any atom is 0.230 e. The van der Waals surface area contributed by atoms with Crippen molar-refractivity contribution < 1.29 is 9.53 Å². The summed E-state index contributed by atoms with van der Waals surface area (Å²) in [7, 11) is 0. The molecule has 1 amide bonds. The van der Waals surface area contributed by atoms with Crippen LogP contribution in [-0.4, -0.2) is 19.1 Å². The standard InChI is InChI=1S/C16H19NO2/c18-16(13-10-11-5-6-12(13)9-11)17-7-8-19-15-4-2-1-3-14(15)17/h1-4,11-13H,5-10H2/t11-,12-,13-/m0/s1. The Morgan fingerprint density at radius 2 is 2.11 bits per heavy atom. The molecular formula is C16H19NO2. The van der Waals surface area contributed by atoms with E-state index in [9.17, 15) is 4.79 Å². The minimum atomic E-state index is 0.268. The zero-order chi connectivity index (χ0) is 12.8. The number of rotatable bonds is 1. The van der Waals surface area contributed by atoms with Crippen LogP contribution in [0.25, 0.3) is 0 Å². The Labute approximate surface area is 113 Å². The number of fused-ring (bicyclic) bond motifs is 3. The molecule has 3 heteroatoms. The molecule has 1 aromatic rings. The Bertz CT molecular complexity index is 513. The van der Waals surface area contributed by atoms with Crippen LogP contribution >= 0.6 is 0 Å². The second kappa shape index (κ2) is 4.26. The number of nitrogens with zero attached hydrogens (tertiary/aromatic N) is 1. The van der Waals surface area contributed by atoms with Crippen LogP contribution in [0.2, 0.25) is 0 Å². The highest BCUT2D eigenvalue weighted by atomic mass is 16.5. The van der Waals surface area contributed by atoms with Crippen molar-refractivity contribution in [1.29, 1.82) is 0 Å². The summed E-state index contributed by atoms with van der Waals surface area (Å²) in [6, 6.07) is 7.90. The molecule has 4 rings (SSSR count). The third-order valence-corrected chi connectivity index (χ3v) is 5.05.